The maximum absolute atomic E-state index is 11.4. The molecule has 0 aromatic carbocycles. The molecule has 13 heavy (non-hydrogen) atoms. The first-order chi connectivity index (χ1) is 6.36. The van der Waals surface area contributed by atoms with Crippen molar-refractivity contribution in [3.05, 3.63) is 23.8 Å². The lowest BCUT2D eigenvalue weighted by Gasteiger charge is -2.11. The van der Waals surface area contributed by atoms with Crippen LogP contribution in [0.3, 0.4) is 0 Å². The van der Waals surface area contributed by atoms with Crippen molar-refractivity contribution in [1.82, 2.24) is 9.97 Å². The van der Waals surface area contributed by atoms with E-state index in [1.54, 1.807) is 12.5 Å². The number of hydrogen-bond acceptors (Lipinski definition) is 2. The van der Waals surface area contributed by atoms with Crippen LogP contribution in [0.2, 0.25) is 0 Å². The van der Waals surface area contributed by atoms with E-state index in [0.717, 1.165) is 30.5 Å². The summed E-state index contributed by atoms with van der Waals surface area (Å²) >= 11 is 0. The van der Waals surface area contributed by atoms with Gasteiger partial charge in [-0.15, -0.1) is 0 Å². The fourth-order valence-corrected chi connectivity index (χ4v) is 1.59. The molecule has 0 amide bonds. The first-order valence-electron chi connectivity index (χ1n) is 4.58. The van der Waals surface area contributed by atoms with Gasteiger partial charge in [0.15, 0.2) is 5.78 Å². The molecule has 1 aliphatic rings. The predicted octanol–water partition coefficient (Wildman–Crippen LogP) is 1.94. The molecule has 3 heteroatoms. The summed E-state index contributed by atoms with van der Waals surface area (Å²) in [5.74, 6) is 0.292. The Morgan fingerprint density at radius 3 is 2.92 bits per heavy atom. The van der Waals surface area contributed by atoms with E-state index in [9.17, 15) is 4.79 Å². The minimum Gasteiger partial charge on any atom is -0.345 e. The zero-order valence-electron chi connectivity index (χ0n) is 7.42. The molecule has 3 nitrogen and oxygen atoms in total. The first kappa shape index (κ1) is 8.23. The van der Waals surface area contributed by atoms with E-state index in [2.05, 4.69) is 9.97 Å². The van der Waals surface area contributed by atoms with Crippen molar-refractivity contribution in [2.45, 2.75) is 25.7 Å². The zero-order chi connectivity index (χ0) is 9.10. The number of aromatic nitrogens is 2. The van der Waals surface area contributed by atoms with Gasteiger partial charge in [0.2, 0.25) is 0 Å². The number of nitrogens with one attached hydrogen (secondary N) is 1. The highest BCUT2D eigenvalue weighted by Gasteiger charge is 2.14. The molecule has 1 saturated carbocycles. The van der Waals surface area contributed by atoms with Gasteiger partial charge in [-0.25, -0.2) is 4.98 Å². The van der Waals surface area contributed by atoms with E-state index in [4.69, 9.17) is 0 Å². The van der Waals surface area contributed by atoms with Crippen molar-refractivity contribution in [2.75, 3.05) is 0 Å². The number of carbonyl (C=O) groups excluding carboxylic acids is 1. The lowest BCUT2D eigenvalue weighted by molar-refractivity contribution is -0.116. The summed E-state index contributed by atoms with van der Waals surface area (Å²) in [6, 6.07) is 0. The lowest BCUT2D eigenvalue weighted by Crippen LogP contribution is -2.07. The molecule has 0 atom stereocenters. The standard InChI is InChI=1S/C10H12N2O/c13-10-4-2-1-3-8(10)5-9-6-11-7-12-9/h5-7H,1-4H2,(H,11,12). The highest BCUT2D eigenvalue weighted by atomic mass is 16.1. The highest BCUT2D eigenvalue weighted by Crippen LogP contribution is 2.21. The number of rotatable bonds is 1. The Morgan fingerprint density at radius 1 is 1.38 bits per heavy atom. The normalized spacial score (nSPS) is 20.9. The molecule has 0 spiro atoms. The second-order valence-corrected chi connectivity index (χ2v) is 3.31. The molecule has 1 heterocycles. The lowest BCUT2D eigenvalue weighted by atomic mass is 9.93. The Hall–Kier alpha value is -1.38. The van der Waals surface area contributed by atoms with Crippen molar-refractivity contribution in [3.63, 3.8) is 0 Å². The molecule has 0 radical (unpaired) electrons. The largest absolute Gasteiger partial charge is 0.345 e. The number of aromatic amines is 1. The monoisotopic (exact) mass is 176 g/mol. The van der Waals surface area contributed by atoms with Crippen molar-refractivity contribution in [2.24, 2.45) is 0 Å². The molecular formula is C10H12N2O. The molecule has 1 aliphatic carbocycles. The predicted molar refractivity (Wildman–Crippen MR) is 50.0 cm³/mol. The van der Waals surface area contributed by atoms with Crippen molar-refractivity contribution >= 4 is 11.9 Å². The van der Waals surface area contributed by atoms with Gasteiger partial charge < -0.3 is 4.98 Å². The van der Waals surface area contributed by atoms with Crippen LogP contribution in [0.5, 0.6) is 0 Å². The molecule has 1 fully saturated rings. The van der Waals surface area contributed by atoms with Crippen LogP contribution in [0, 0.1) is 0 Å². The molecule has 2 rings (SSSR count). The molecule has 1 N–H and O–H groups in total. The van der Waals surface area contributed by atoms with Crippen molar-refractivity contribution in [3.8, 4) is 0 Å². The Labute approximate surface area is 76.9 Å². The fraction of sp³-hybridized carbons (Fsp3) is 0.400. The number of imidazole rings is 1. The molecule has 1 aromatic heterocycles. The SMILES string of the molecule is O=C1CCCCC1=Cc1cnc[nH]1. The zero-order valence-corrected chi connectivity index (χ0v) is 7.42. The minimum absolute atomic E-state index is 0.292. The third-order valence-corrected chi connectivity index (χ3v) is 2.31. The Balaban J connectivity index is 2.19. The smallest absolute Gasteiger partial charge is 0.158 e. The Morgan fingerprint density at radius 2 is 2.23 bits per heavy atom. The number of Topliss-reactive ketones (excluding diaryl/α,β-unsaturated/α-hetero) is 1. The van der Waals surface area contributed by atoms with Crippen molar-refractivity contribution < 1.29 is 4.79 Å². The number of carbonyl (C=O) groups is 1. The molecule has 0 bridgehead atoms. The highest BCUT2D eigenvalue weighted by molar-refractivity contribution is 5.99. The maximum Gasteiger partial charge on any atom is 0.158 e. The van der Waals surface area contributed by atoms with Crippen LogP contribution in [0.25, 0.3) is 6.08 Å². The summed E-state index contributed by atoms with van der Waals surface area (Å²) in [5, 5.41) is 0. The van der Waals surface area contributed by atoms with Crippen LogP contribution in [0.1, 0.15) is 31.4 Å². The van der Waals surface area contributed by atoms with Gasteiger partial charge in [-0.2, -0.15) is 0 Å². The van der Waals surface area contributed by atoms with Gasteiger partial charge in [-0.3, -0.25) is 4.79 Å². The van der Waals surface area contributed by atoms with Gasteiger partial charge in [-0.1, -0.05) is 0 Å². The van der Waals surface area contributed by atoms with Gasteiger partial charge >= 0.3 is 0 Å². The summed E-state index contributed by atoms with van der Waals surface area (Å²) in [6.07, 6.45) is 9.06. The summed E-state index contributed by atoms with van der Waals surface area (Å²) in [6.45, 7) is 0. The molecule has 1 aromatic rings. The minimum atomic E-state index is 0.292. The Kier molecular flexibility index (Phi) is 2.25. The van der Waals surface area contributed by atoms with Crippen LogP contribution in [-0.4, -0.2) is 15.8 Å². The number of H-pyrrole nitrogens is 1. The van der Waals surface area contributed by atoms with Crippen molar-refractivity contribution in [1.29, 1.82) is 0 Å². The number of ketones is 1. The summed E-state index contributed by atoms with van der Waals surface area (Å²) in [5.41, 5.74) is 1.86. The number of allylic oxidation sites excluding steroid dienone is 1. The molecule has 0 saturated heterocycles. The van der Waals surface area contributed by atoms with Gasteiger partial charge in [-0.05, 0) is 30.9 Å². The Bertz CT molecular complexity index is 325. The van der Waals surface area contributed by atoms with E-state index in [1.165, 1.54) is 0 Å². The number of nitrogens with zero attached hydrogens (tertiary/aromatic N) is 1. The number of hydrogen-bond donors (Lipinski definition) is 1. The molecular weight excluding hydrogens is 164 g/mol. The van der Waals surface area contributed by atoms with Crippen LogP contribution in [0.4, 0.5) is 0 Å². The van der Waals surface area contributed by atoms with E-state index in [0.29, 0.717) is 12.2 Å². The second-order valence-electron chi connectivity index (χ2n) is 3.31. The molecule has 0 unspecified atom stereocenters. The maximum atomic E-state index is 11.4. The van der Waals surface area contributed by atoms with Gasteiger partial charge in [0.05, 0.1) is 18.2 Å². The second kappa shape index (κ2) is 3.56. The van der Waals surface area contributed by atoms with Crippen LogP contribution >= 0.6 is 0 Å². The van der Waals surface area contributed by atoms with Crippen LogP contribution < -0.4 is 0 Å². The van der Waals surface area contributed by atoms with Gasteiger partial charge in [0.1, 0.15) is 0 Å². The van der Waals surface area contributed by atoms with E-state index in [1.807, 2.05) is 6.08 Å². The quantitative estimate of drug-likeness (QED) is 0.664. The fourth-order valence-electron chi connectivity index (χ4n) is 1.59. The van der Waals surface area contributed by atoms with Crippen LogP contribution in [0.15, 0.2) is 18.1 Å². The van der Waals surface area contributed by atoms with E-state index < -0.39 is 0 Å². The third-order valence-electron chi connectivity index (χ3n) is 2.31. The molecule has 68 valence electrons. The topological polar surface area (TPSA) is 45.8 Å². The average Bonchev–Trinajstić information content (AvgIpc) is 2.61. The molecule has 0 aliphatic heterocycles. The van der Waals surface area contributed by atoms with Gasteiger partial charge in [0, 0.05) is 6.42 Å². The summed E-state index contributed by atoms with van der Waals surface area (Å²) in [4.78, 5) is 18.3. The summed E-state index contributed by atoms with van der Waals surface area (Å²) < 4.78 is 0. The van der Waals surface area contributed by atoms with E-state index >= 15 is 0 Å². The van der Waals surface area contributed by atoms with Crippen LogP contribution in [-0.2, 0) is 4.79 Å². The third kappa shape index (κ3) is 1.86. The first-order valence-corrected chi connectivity index (χ1v) is 4.58. The van der Waals surface area contributed by atoms with Gasteiger partial charge in [0.25, 0.3) is 0 Å². The van der Waals surface area contributed by atoms with E-state index in [-0.39, 0.29) is 0 Å². The summed E-state index contributed by atoms with van der Waals surface area (Å²) in [7, 11) is 0. The average molecular weight is 176 g/mol.